The lowest BCUT2D eigenvalue weighted by atomic mass is 10.2. The van der Waals surface area contributed by atoms with Gasteiger partial charge in [0.15, 0.2) is 0 Å². The number of benzene rings is 1. The van der Waals surface area contributed by atoms with E-state index < -0.39 is 5.82 Å². The number of carbonyl (C=O) groups is 1. The number of hydrogen-bond acceptors (Lipinski definition) is 4. The number of nitrogens with two attached hydrogens (primary N) is 1. The number of rotatable bonds is 7. The summed E-state index contributed by atoms with van der Waals surface area (Å²) in [6, 6.07) is 3.88. The SMILES string of the molecule is CC(CO)CSCCC(=O)Nc1ccc(F)cc1N. The molecular weight excluding hydrogens is 267 g/mol. The Kier molecular flexibility index (Phi) is 6.66. The van der Waals surface area contributed by atoms with Crippen molar-refractivity contribution in [1.82, 2.24) is 0 Å². The molecule has 0 bridgehead atoms. The molecule has 106 valence electrons. The maximum atomic E-state index is 12.8. The molecule has 4 N–H and O–H groups in total. The van der Waals surface area contributed by atoms with Crippen LogP contribution < -0.4 is 11.1 Å². The van der Waals surface area contributed by atoms with Gasteiger partial charge in [0.25, 0.3) is 0 Å². The van der Waals surface area contributed by atoms with Crippen molar-refractivity contribution < 1.29 is 14.3 Å². The molecule has 1 atom stereocenters. The van der Waals surface area contributed by atoms with Crippen LogP contribution in [0.15, 0.2) is 18.2 Å². The number of amides is 1. The van der Waals surface area contributed by atoms with E-state index in [4.69, 9.17) is 10.8 Å². The molecule has 1 aromatic carbocycles. The lowest BCUT2D eigenvalue weighted by molar-refractivity contribution is -0.115. The number of aliphatic hydroxyl groups excluding tert-OH is 1. The van der Waals surface area contributed by atoms with Crippen molar-refractivity contribution in [2.24, 2.45) is 5.92 Å². The highest BCUT2D eigenvalue weighted by Crippen LogP contribution is 2.19. The first-order chi connectivity index (χ1) is 9.02. The predicted octanol–water partition coefficient (Wildman–Crippen LogP) is 2.10. The van der Waals surface area contributed by atoms with Gasteiger partial charge in [-0.05, 0) is 29.9 Å². The Hall–Kier alpha value is -1.27. The van der Waals surface area contributed by atoms with E-state index in [0.29, 0.717) is 17.9 Å². The van der Waals surface area contributed by atoms with Gasteiger partial charge in [0.1, 0.15) is 5.82 Å². The first kappa shape index (κ1) is 15.8. The second kappa shape index (κ2) is 8.01. The average Bonchev–Trinajstić information content (AvgIpc) is 2.37. The molecule has 1 unspecified atom stereocenters. The molecule has 0 heterocycles. The van der Waals surface area contributed by atoms with Crippen LogP contribution in [0.3, 0.4) is 0 Å². The third-order valence-electron chi connectivity index (χ3n) is 2.48. The molecule has 0 aliphatic carbocycles. The van der Waals surface area contributed by atoms with Crippen LogP contribution in [0.1, 0.15) is 13.3 Å². The van der Waals surface area contributed by atoms with Gasteiger partial charge in [0.05, 0.1) is 11.4 Å². The second-order valence-electron chi connectivity index (χ2n) is 4.39. The van der Waals surface area contributed by atoms with Gasteiger partial charge in [0, 0.05) is 18.8 Å². The third kappa shape index (κ3) is 5.94. The summed E-state index contributed by atoms with van der Waals surface area (Å²) in [5.41, 5.74) is 6.24. The van der Waals surface area contributed by atoms with Gasteiger partial charge in [-0.1, -0.05) is 6.92 Å². The largest absolute Gasteiger partial charge is 0.397 e. The smallest absolute Gasteiger partial charge is 0.225 e. The summed E-state index contributed by atoms with van der Waals surface area (Å²) in [6.45, 7) is 2.11. The van der Waals surface area contributed by atoms with Gasteiger partial charge >= 0.3 is 0 Å². The molecule has 0 radical (unpaired) electrons. The molecule has 1 amide bonds. The number of halogens is 1. The Morgan fingerprint density at radius 3 is 2.95 bits per heavy atom. The molecule has 0 aromatic heterocycles. The minimum atomic E-state index is -0.427. The molecule has 0 spiro atoms. The highest BCUT2D eigenvalue weighted by molar-refractivity contribution is 7.99. The zero-order chi connectivity index (χ0) is 14.3. The predicted molar refractivity (Wildman–Crippen MR) is 77.6 cm³/mol. The molecule has 1 rings (SSSR count). The molecule has 0 fully saturated rings. The van der Waals surface area contributed by atoms with Crippen molar-refractivity contribution in [3.8, 4) is 0 Å². The first-order valence-corrected chi connectivity index (χ1v) is 7.22. The van der Waals surface area contributed by atoms with Crippen LogP contribution in [-0.4, -0.2) is 29.1 Å². The van der Waals surface area contributed by atoms with Crippen molar-refractivity contribution in [2.45, 2.75) is 13.3 Å². The van der Waals surface area contributed by atoms with Crippen molar-refractivity contribution in [1.29, 1.82) is 0 Å². The Morgan fingerprint density at radius 2 is 2.32 bits per heavy atom. The topological polar surface area (TPSA) is 75.3 Å². The summed E-state index contributed by atoms with van der Waals surface area (Å²) in [5, 5.41) is 11.5. The number of hydrogen-bond donors (Lipinski definition) is 3. The Morgan fingerprint density at radius 1 is 1.58 bits per heavy atom. The molecular formula is C13H19FN2O2S. The zero-order valence-corrected chi connectivity index (χ0v) is 11.7. The Balaban J connectivity index is 2.31. The Labute approximate surface area is 116 Å². The van der Waals surface area contributed by atoms with Crippen LogP contribution in [0.25, 0.3) is 0 Å². The normalized spacial score (nSPS) is 12.2. The van der Waals surface area contributed by atoms with Crippen molar-refractivity contribution in [3.63, 3.8) is 0 Å². The van der Waals surface area contributed by atoms with E-state index >= 15 is 0 Å². The fourth-order valence-electron chi connectivity index (χ4n) is 1.36. The number of aliphatic hydroxyl groups is 1. The molecule has 1 aromatic rings. The highest BCUT2D eigenvalue weighted by atomic mass is 32.2. The fourth-order valence-corrected chi connectivity index (χ4v) is 2.37. The summed E-state index contributed by atoms with van der Waals surface area (Å²) in [7, 11) is 0. The molecule has 19 heavy (non-hydrogen) atoms. The van der Waals surface area contributed by atoms with Gasteiger partial charge < -0.3 is 16.2 Å². The summed E-state index contributed by atoms with van der Waals surface area (Å²) in [4.78, 5) is 11.6. The third-order valence-corrected chi connectivity index (χ3v) is 3.77. The van der Waals surface area contributed by atoms with E-state index in [9.17, 15) is 9.18 Å². The summed E-state index contributed by atoms with van der Waals surface area (Å²) in [6.07, 6.45) is 0.361. The average molecular weight is 286 g/mol. The number of nitrogens with one attached hydrogen (secondary N) is 1. The van der Waals surface area contributed by atoms with Gasteiger partial charge in [-0.25, -0.2) is 4.39 Å². The van der Waals surface area contributed by atoms with Crippen LogP contribution in [0.2, 0.25) is 0 Å². The van der Waals surface area contributed by atoms with Crippen LogP contribution in [0.4, 0.5) is 15.8 Å². The quantitative estimate of drug-likeness (QED) is 0.530. The van der Waals surface area contributed by atoms with E-state index in [2.05, 4.69) is 5.32 Å². The molecule has 0 aliphatic heterocycles. The van der Waals surface area contributed by atoms with Crippen LogP contribution >= 0.6 is 11.8 Å². The van der Waals surface area contributed by atoms with Crippen molar-refractivity contribution >= 4 is 29.0 Å². The van der Waals surface area contributed by atoms with Crippen LogP contribution in [0, 0.1) is 11.7 Å². The highest BCUT2D eigenvalue weighted by Gasteiger charge is 2.07. The molecule has 4 nitrogen and oxygen atoms in total. The van der Waals surface area contributed by atoms with Gasteiger partial charge in [-0.2, -0.15) is 11.8 Å². The van der Waals surface area contributed by atoms with Gasteiger partial charge in [-0.15, -0.1) is 0 Å². The lowest BCUT2D eigenvalue weighted by Gasteiger charge is -2.09. The van der Waals surface area contributed by atoms with Crippen molar-refractivity contribution in [2.75, 3.05) is 29.2 Å². The first-order valence-electron chi connectivity index (χ1n) is 6.06. The second-order valence-corrected chi connectivity index (χ2v) is 5.54. The minimum absolute atomic E-state index is 0.151. The van der Waals surface area contributed by atoms with E-state index in [1.807, 2.05) is 6.92 Å². The lowest BCUT2D eigenvalue weighted by Crippen LogP contribution is -2.14. The Bertz CT molecular complexity index is 429. The number of anilines is 2. The van der Waals surface area contributed by atoms with Gasteiger partial charge in [0.2, 0.25) is 5.91 Å². The summed E-state index contributed by atoms with van der Waals surface area (Å²) < 4.78 is 12.8. The van der Waals surface area contributed by atoms with E-state index in [-0.39, 0.29) is 24.1 Å². The molecule has 0 saturated heterocycles. The molecule has 0 saturated carbocycles. The van der Waals surface area contributed by atoms with Crippen LogP contribution in [0.5, 0.6) is 0 Å². The minimum Gasteiger partial charge on any atom is -0.397 e. The number of nitrogen functional groups attached to an aromatic ring is 1. The van der Waals surface area contributed by atoms with E-state index in [0.717, 1.165) is 5.75 Å². The summed E-state index contributed by atoms with van der Waals surface area (Å²) in [5.74, 6) is 1.16. The fraction of sp³-hybridized carbons (Fsp3) is 0.462. The maximum Gasteiger partial charge on any atom is 0.225 e. The van der Waals surface area contributed by atoms with E-state index in [1.165, 1.54) is 18.2 Å². The monoisotopic (exact) mass is 286 g/mol. The zero-order valence-electron chi connectivity index (χ0n) is 10.9. The van der Waals surface area contributed by atoms with E-state index in [1.54, 1.807) is 11.8 Å². The number of thioether (sulfide) groups is 1. The number of carbonyl (C=O) groups excluding carboxylic acids is 1. The molecule has 0 aliphatic rings. The summed E-state index contributed by atoms with van der Waals surface area (Å²) >= 11 is 1.62. The van der Waals surface area contributed by atoms with Crippen LogP contribution in [-0.2, 0) is 4.79 Å². The maximum absolute atomic E-state index is 12.8. The van der Waals surface area contributed by atoms with Crippen molar-refractivity contribution in [3.05, 3.63) is 24.0 Å². The standard InChI is InChI=1S/C13H19FN2O2S/c1-9(7-17)8-19-5-4-13(18)16-12-3-2-10(14)6-11(12)15/h2-3,6,9,17H,4-5,7-8,15H2,1H3,(H,16,18). The molecule has 6 heteroatoms. The van der Waals surface area contributed by atoms with Gasteiger partial charge in [-0.3, -0.25) is 4.79 Å².